The van der Waals surface area contributed by atoms with E-state index in [0.29, 0.717) is 0 Å². The minimum absolute atomic E-state index is 0.891. The molecule has 0 aliphatic heterocycles. The van der Waals surface area contributed by atoms with Crippen molar-refractivity contribution in [2.45, 2.75) is 158 Å². The number of hydroxylamine groups is 6. The molecule has 44 heavy (non-hydrogen) atoms. The van der Waals surface area contributed by atoms with E-state index in [0.717, 1.165) is 83.1 Å². The maximum atomic E-state index is 17.3. The number of aliphatic hydroxyl groups is 12. The first-order chi connectivity index (χ1) is 19.6. The van der Waals surface area contributed by atoms with Crippen molar-refractivity contribution in [2.75, 3.05) is 0 Å². The third-order valence-corrected chi connectivity index (χ3v) is 24.1. The number of nitrogens with zero attached hydrogens (tertiary/aromatic N) is 4. The number of hydrogen-bond donors (Lipinski definition) is 12. The first-order valence-corrected chi connectivity index (χ1v) is 19.8. The maximum absolute atomic E-state index is 17.3. The zero-order chi connectivity index (χ0) is 35.8. The summed E-state index contributed by atoms with van der Waals surface area (Å²) in [6.07, 6.45) is -26.8. The first-order valence-electron chi connectivity index (χ1n) is 14.5. The van der Waals surface area contributed by atoms with Gasteiger partial charge in [0.2, 0.25) is 0 Å². The fourth-order valence-corrected chi connectivity index (χ4v) is 24.3. The van der Waals surface area contributed by atoms with Crippen LogP contribution in [0.25, 0.3) is 0 Å². The summed E-state index contributed by atoms with van der Waals surface area (Å²) in [4.78, 5) is 0. The van der Waals surface area contributed by atoms with Crippen molar-refractivity contribution in [3.8, 4) is 0 Å². The summed E-state index contributed by atoms with van der Waals surface area (Å²) in [5.41, 5.74) is 0. The van der Waals surface area contributed by atoms with Crippen molar-refractivity contribution in [2.24, 2.45) is 0 Å². The van der Waals surface area contributed by atoms with Gasteiger partial charge in [0.15, 0.2) is 0 Å². The van der Waals surface area contributed by atoms with Gasteiger partial charge in [-0.25, -0.2) is 0 Å². The molecule has 0 aromatic rings. The van der Waals surface area contributed by atoms with Crippen LogP contribution in [-0.4, -0.2) is 150 Å². The molecule has 0 aliphatic rings. The molecule has 0 saturated heterocycles. The van der Waals surface area contributed by atoms with Crippen LogP contribution in [0.3, 0.4) is 0 Å². The Labute approximate surface area is 261 Å². The topological polar surface area (TPSA) is 278 Å². The molecule has 0 spiro atoms. The Bertz CT molecular complexity index is 824. The van der Waals surface area contributed by atoms with Gasteiger partial charge in [0.05, 0.1) is 0 Å². The van der Waals surface area contributed by atoms with E-state index in [9.17, 15) is 61.3 Å². The van der Waals surface area contributed by atoms with Crippen LogP contribution in [0, 0.1) is 0 Å². The molecule has 0 aromatic carbocycles. The molecule has 0 fully saturated rings. The Hall–Kier alpha value is -0.0369. The van der Waals surface area contributed by atoms with E-state index in [1.807, 2.05) is 0 Å². The van der Waals surface area contributed by atoms with Crippen LogP contribution >= 0.6 is 0 Å². The second-order valence-electron chi connectivity index (χ2n) is 11.9. The van der Waals surface area contributed by atoms with Crippen LogP contribution in [-0.2, 0) is 28.9 Å². The second-order valence-corrected chi connectivity index (χ2v) is 21.0. The molecule has 0 amide bonds. The zero-order valence-corrected chi connectivity index (χ0v) is 30.3. The number of rotatable bonds is 18. The van der Waals surface area contributed by atoms with Gasteiger partial charge in [0, 0.05) is 0 Å². The van der Waals surface area contributed by atoms with Gasteiger partial charge in [0.25, 0.3) is 0 Å². The zero-order valence-electron chi connectivity index (χ0n) is 27.8. The number of aliphatic hydroxyl groups excluding tert-OH is 12. The SMILES string of the molecule is CC(O)[N+]([O][Zr](=[O])([O][N+](C(C)O)(C(C)O)C(C)O)([N+](C(C)O)(C(C)O)C(C)O)[N+](C(C)O)(C(C)O)C(C)O)(C(C)O)C(C)O. The van der Waals surface area contributed by atoms with Gasteiger partial charge in [-0.2, -0.15) is 0 Å². The van der Waals surface area contributed by atoms with Gasteiger partial charge in [-0.05, 0) is 0 Å². The molecule has 12 unspecified atom stereocenters. The molecule has 12 N–H and O–H groups in total. The summed E-state index contributed by atoms with van der Waals surface area (Å²) in [7, 11) is 0. The summed E-state index contributed by atoms with van der Waals surface area (Å²) in [6.45, 7) is 11.1. The van der Waals surface area contributed by atoms with Crippen molar-refractivity contribution < 1.29 is 104 Å². The summed E-state index contributed by atoms with van der Waals surface area (Å²) in [6, 6.07) is 0. The Morgan fingerprint density at radius 2 is 0.477 bits per heavy atom. The van der Waals surface area contributed by atoms with Crippen molar-refractivity contribution in [1.29, 1.82) is 0 Å². The van der Waals surface area contributed by atoms with E-state index in [1.165, 1.54) is 0 Å². The Kier molecular flexibility index (Phi) is 14.6. The normalized spacial score (nSPS) is 27.4. The third-order valence-electron chi connectivity index (χ3n) is 9.14. The van der Waals surface area contributed by atoms with E-state index >= 15 is 2.81 Å². The van der Waals surface area contributed by atoms with Gasteiger partial charge in [-0.1, -0.05) is 0 Å². The number of quaternary nitrogens is 4. The molecule has 0 heterocycles. The first kappa shape index (κ1) is 44.0. The van der Waals surface area contributed by atoms with Crippen LogP contribution in [0.5, 0.6) is 0 Å². The Morgan fingerprint density at radius 3 is 0.568 bits per heavy atom. The molecular formula is C24H60N4O15Zr+4. The average Bonchev–Trinajstić information content (AvgIpc) is 2.78. The van der Waals surface area contributed by atoms with Gasteiger partial charge in [-0.3, -0.25) is 0 Å². The average molecular weight is 736 g/mol. The summed E-state index contributed by atoms with van der Waals surface area (Å²) in [5, 5.41) is 136. The summed E-state index contributed by atoms with van der Waals surface area (Å²) >= 11 is -9.34. The third kappa shape index (κ3) is 5.82. The van der Waals surface area contributed by atoms with Crippen LogP contribution < -0.4 is 0 Å². The van der Waals surface area contributed by atoms with Gasteiger partial charge < -0.3 is 0 Å². The molecule has 0 aliphatic carbocycles. The predicted octanol–water partition coefficient (Wildman–Crippen LogP) is -3.13. The van der Waals surface area contributed by atoms with Crippen LogP contribution in [0.4, 0.5) is 0 Å². The van der Waals surface area contributed by atoms with E-state index in [4.69, 9.17) is 5.83 Å². The standard InChI is InChI=1S/2C6H15NO4.2C6H15NO3.O.Zr/c2*1-4(8)7(11,5(2)9)6(3)10;2*1-4(8)7(5(2)9)6(3)10;;/h2*4-6,8-10H,1-3H3;2*4-6,8-10H,1-3H3;;/q;;;;;+4. The Balaban J connectivity index is 9.92. The molecule has 19 nitrogen and oxygen atoms in total. The van der Waals surface area contributed by atoms with E-state index in [1.54, 1.807) is 0 Å². The van der Waals surface area contributed by atoms with E-state index < -0.39 is 109 Å². The van der Waals surface area contributed by atoms with Crippen molar-refractivity contribution in [1.82, 2.24) is 0 Å². The molecular weight excluding hydrogens is 676 g/mol. The fraction of sp³-hybridized carbons (Fsp3) is 1.00. The number of hydrogen-bond acceptors (Lipinski definition) is 15. The van der Waals surface area contributed by atoms with Crippen LogP contribution in [0.2, 0.25) is 0 Å². The molecule has 0 rings (SSSR count). The van der Waals surface area contributed by atoms with Crippen LogP contribution in [0.1, 0.15) is 83.1 Å². The van der Waals surface area contributed by atoms with Gasteiger partial charge in [-0.15, -0.1) is 0 Å². The summed E-state index contributed by atoms with van der Waals surface area (Å²) in [5.74, 6) is 0. The predicted molar refractivity (Wildman–Crippen MR) is 144 cm³/mol. The van der Waals surface area contributed by atoms with Gasteiger partial charge in [0.1, 0.15) is 0 Å². The van der Waals surface area contributed by atoms with Gasteiger partial charge >= 0.3 is 262 Å². The van der Waals surface area contributed by atoms with Crippen molar-refractivity contribution >= 4 is 0 Å². The molecule has 0 radical (unpaired) electrons. The molecule has 20 heteroatoms. The van der Waals surface area contributed by atoms with Crippen molar-refractivity contribution in [3.63, 3.8) is 0 Å². The van der Waals surface area contributed by atoms with E-state index in [2.05, 4.69) is 0 Å². The summed E-state index contributed by atoms with van der Waals surface area (Å²) < 4.78 is 21.5. The minimum atomic E-state index is -9.34. The van der Waals surface area contributed by atoms with E-state index in [-0.39, 0.29) is 0 Å². The molecule has 0 bridgehead atoms. The Morgan fingerprint density at radius 1 is 0.341 bits per heavy atom. The molecule has 266 valence electrons. The quantitative estimate of drug-likeness (QED) is 0.0377. The monoisotopic (exact) mass is 734 g/mol. The van der Waals surface area contributed by atoms with Crippen LogP contribution in [0.15, 0.2) is 0 Å². The molecule has 0 aromatic heterocycles. The fourth-order valence-electron chi connectivity index (χ4n) is 7.22. The van der Waals surface area contributed by atoms with Crippen molar-refractivity contribution in [3.05, 3.63) is 0 Å². The molecule has 12 atom stereocenters. The second kappa shape index (κ2) is 14.6. The molecule has 0 saturated carbocycles.